The summed E-state index contributed by atoms with van der Waals surface area (Å²) < 4.78 is 328. The predicted octanol–water partition coefficient (Wildman–Crippen LogP) is -55.8. The maximum absolute atomic E-state index is 12.5. The molecule has 0 aromatic heterocycles. The number of aliphatic carboxylic acids is 4. The van der Waals surface area contributed by atoms with Crippen LogP contribution in [0.4, 0.5) is 0 Å². The Morgan fingerprint density at radius 1 is 0.346 bits per heavy atom. The van der Waals surface area contributed by atoms with Crippen LogP contribution in [0.25, 0.3) is 0 Å². The zero-order chi connectivity index (χ0) is 95.4. The molecule has 8 unspecified atom stereocenters. The van der Waals surface area contributed by atoms with E-state index in [0.29, 0.717) is 18.4 Å². The van der Waals surface area contributed by atoms with Crippen LogP contribution in [0.3, 0.4) is 0 Å². The molecular weight excluding hydrogens is 2140 g/mol. The number of nitrogens with one attached hydrogen (secondary N) is 4. The molecule has 8 rings (SSSR count). The van der Waals surface area contributed by atoms with Crippen LogP contribution in [0.15, 0.2) is 23.7 Å². The number of carboxylic acids is 4. The van der Waals surface area contributed by atoms with Gasteiger partial charge < -0.3 is 210 Å². The van der Waals surface area contributed by atoms with E-state index in [1.54, 1.807) is 4.72 Å². The minimum Gasteiger partial charge on any atom is -0.735 e. The molecule has 0 spiro atoms. The van der Waals surface area contributed by atoms with Crippen molar-refractivity contribution < 1.29 is 585 Å². The molecule has 66 nitrogen and oxygen atoms in total. The Labute approximate surface area is 989 Å². The van der Waals surface area contributed by atoms with Gasteiger partial charge >= 0.3 is 296 Å². The number of hydrogen-bond donors (Lipinski definition) is 17. The smallest absolute Gasteiger partial charge is 0.735 e. The van der Waals surface area contributed by atoms with Crippen LogP contribution < -0.4 is 336 Å². The van der Waals surface area contributed by atoms with E-state index in [-0.39, 0.29) is 296 Å². The molecule has 0 bridgehead atoms. The van der Waals surface area contributed by atoms with E-state index in [1.807, 2.05) is 5.32 Å². The monoisotopic (exact) mass is 2210 g/mol. The number of aliphatic hydroxyl groups is 13. The van der Waals surface area contributed by atoms with Gasteiger partial charge in [-0.05, 0) is 12.2 Å². The van der Waals surface area contributed by atoms with Gasteiger partial charge in [0.25, 0.3) is 0 Å². The molecule has 6 fully saturated rings. The van der Waals surface area contributed by atoms with Crippen molar-refractivity contribution in [2.75, 3.05) is 32.7 Å². The summed E-state index contributed by atoms with van der Waals surface area (Å²) in [7, 11) is -39.3. The van der Waals surface area contributed by atoms with E-state index < -0.39 is 367 Å². The molecule has 8 heterocycles. The van der Waals surface area contributed by atoms with Crippen molar-refractivity contribution in [2.45, 2.75) is 235 Å². The summed E-state index contributed by atoms with van der Waals surface area (Å²) >= 11 is 0. The Morgan fingerprint density at radius 3 is 0.904 bits per heavy atom. The molecule has 17 N–H and O–H groups in total. The number of sulfonamides is 1. The third-order valence-electron chi connectivity index (χ3n) is 17.9. The van der Waals surface area contributed by atoms with Crippen molar-refractivity contribution in [1.82, 2.24) is 20.1 Å². The van der Waals surface area contributed by atoms with Gasteiger partial charge in [-0.3, -0.25) is 30.5 Å². The van der Waals surface area contributed by atoms with Crippen molar-refractivity contribution in [1.29, 1.82) is 0 Å². The Hall–Kier alpha value is 4.03. The number of carbonyl (C=O) groups is 6. The first kappa shape index (κ1) is 146. The van der Waals surface area contributed by atoms with Gasteiger partial charge in [-0.1, -0.05) is 0 Å². The van der Waals surface area contributed by atoms with Gasteiger partial charge in [-0.2, -0.15) is 0 Å². The fourth-order valence-corrected chi connectivity index (χ4v) is 16.0. The fraction of sp³-hybridized carbons (Fsp3) is 0.811. The largest absolute Gasteiger partial charge is 1.00 e. The van der Waals surface area contributed by atoms with Gasteiger partial charge in [-0.15, -0.1) is 0 Å². The summed E-state index contributed by atoms with van der Waals surface area (Å²) in [5, 5.41) is 191. The van der Waals surface area contributed by atoms with Crippen LogP contribution in [0.2, 0.25) is 0 Å². The van der Waals surface area contributed by atoms with E-state index in [4.69, 9.17) is 66.3 Å². The zero-order valence-corrected chi connectivity index (χ0v) is 98.2. The zero-order valence-electron chi connectivity index (χ0n) is 72.4. The van der Waals surface area contributed by atoms with E-state index in [0.717, 1.165) is 18.6 Å². The van der Waals surface area contributed by atoms with Crippen LogP contribution in [0.1, 0.15) is 13.8 Å². The second-order valence-corrected chi connectivity index (χ2v) is 35.1. The SMILES string of the molecule is CC(=O)N[C@H]1[C@@H](OC2[C@@H](C(=O)[O-])O[C@@H](OC3[C@@H](CO)OC(O)[C@H](NS(C)(=O)=O)[C@H]3OS(=O)(=O)[O-])[C@H](O)[C@H]2O)O[C@H](COS(=O)(=O)[O-])C(O[C@@H]2OC(C(=O)[O-])=C[C@H](O)[C@H]2O)[C@@H]1O.CC(=O)N[C@H]1[C@@H](OC2[C@@H](C(=O)[O-])O[C@@H](OC3[C@@H](COS(=O)(=O)[O-])OC(O)[C@H](NS(=O)(=O)[O-])[C@H]3OS(=O)(=O)[O-])[C@H](O)[C@H]2O)O[C@H](COS(=O)(=O)[O-])C(O[C@@H]2OC(C(=O)[O-])=C[C@H](O)[C@H]2O)[C@@H]1O.[Na+].[Na+].[Na+].[Na+].[Na+].[Na+].[Na+].[Na+].[Na+].[Na+]. The summed E-state index contributed by atoms with van der Waals surface area (Å²) in [6.07, 6.45) is -76.9. The molecule has 0 aromatic carbocycles. The van der Waals surface area contributed by atoms with Gasteiger partial charge in [0.2, 0.25) is 86.4 Å². The van der Waals surface area contributed by atoms with Crippen LogP contribution in [-0.4, -0.2) is 442 Å². The van der Waals surface area contributed by atoms with Gasteiger partial charge in [0, 0.05) is 13.8 Å². The molecule has 0 radical (unpaired) electrons. The first-order chi connectivity index (χ1) is 57.7. The first-order valence-corrected chi connectivity index (χ1v) is 44.2. The number of amides is 2. The summed E-state index contributed by atoms with van der Waals surface area (Å²) in [6, 6.07) is -9.19. The minimum absolute atomic E-state index is 0. The van der Waals surface area contributed by atoms with E-state index in [2.05, 4.69) is 26.2 Å². The van der Waals surface area contributed by atoms with E-state index in [1.165, 1.54) is 0 Å². The van der Waals surface area contributed by atoms with Crippen molar-refractivity contribution in [2.24, 2.45) is 0 Å². The van der Waals surface area contributed by atoms with Crippen LogP contribution in [-0.2, 0) is 188 Å². The normalized spacial score (nSPS) is 36.4. The van der Waals surface area contributed by atoms with Crippen molar-refractivity contribution >= 4 is 108 Å². The Balaban J connectivity index is -0.00000120. The average molecular weight is 2210 g/mol. The quantitative estimate of drug-likeness (QED) is 0.0157. The second kappa shape index (κ2) is 61.8. The van der Waals surface area contributed by atoms with Crippen molar-refractivity contribution in [3.8, 4) is 0 Å². The Bertz CT molecular complexity index is 4800. The number of rotatable bonds is 36. The molecule has 8 aliphatic rings. The van der Waals surface area contributed by atoms with Crippen molar-refractivity contribution in [3.05, 3.63) is 23.7 Å². The van der Waals surface area contributed by atoms with E-state index in [9.17, 15) is 202 Å². The maximum atomic E-state index is 12.5. The molecule has 2 amide bonds. The van der Waals surface area contributed by atoms with Gasteiger partial charge in [0.15, 0.2) is 48.0 Å². The standard InChI is InChI=1S/C27H42N2O29S3.C26H40N2O33S4.10Na/c1-6(31)28-11-14(34)17(54-26-13(33)7(32)3-8(52-26)22(37)38)10(5-50-60(44,45)46)53-25(11)56-20-15(35)16(36)27(57-21(20)23(39)40)55-18-9(4-30)51-24(41)12(29-59(2,42)43)19(18)58-61(47,48)49;1-5(29)27-10-13(32)16(57-25-12(31)6(30)2-7(55-25)21(35)36)8(3-52-63(43,44)45)56-24(10)59-19-14(33)15(34)26(60-20(19)22(37)38)58-17-9(4-53-64(46,47)48)54-23(39)11(28-62(40,41)42)18(17)61-65(49,50)51;;;;;;;;;;/h3,7,9-21,24-27,29-30,32-36,41H,4-5H2,1-2H3,(H,28,31)(H,37,38)(H,39,40)(H,44,45,46)(H,47,48,49);2,6,8-20,23-26,28,30-34,39H,3-4H2,1H3,(H,27,29)(H,35,36)(H,37,38)(H,40,41,42)(H,43,44,45)(H,46,47,48)(H,49,50,51);;;;;;;;;;/q;;10*+1/p-10/t7-,9+,10+,11+,12+,13+,14+,15+,16+,17?,18?,19+,20?,21-,24?,25+,26-,27+;6-,8+,9+,10+,11+,12+,13+,14+,15+,16?,17?,18+,19?,20-,23?,24+,25-,26+;;;;;;;;;;/m00........../s1. The number of ether oxygens (including phenoxy) is 14. The Morgan fingerprint density at radius 2 is 0.632 bits per heavy atom. The molecule has 8 aliphatic heterocycles. The van der Waals surface area contributed by atoms with Crippen molar-refractivity contribution in [3.63, 3.8) is 0 Å². The molecule has 6 saturated heterocycles. The van der Waals surface area contributed by atoms with Crippen LogP contribution >= 0.6 is 0 Å². The summed E-state index contributed by atoms with van der Waals surface area (Å²) in [5.74, 6) is -13.3. The Kier molecular flexibility index (Phi) is 66.5. The molecule has 0 aromatic rings. The summed E-state index contributed by atoms with van der Waals surface area (Å²) in [4.78, 5) is 72.3. The molecule has 83 heteroatoms. The van der Waals surface area contributed by atoms with Crippen LogP contribution in [0, 0.1) is 0 Å². The van der Waals surface area contributed by atoms with Gasteiger partial charge in [0.05, 0.1) is 44.6 Å². The topological polar surface area (TPSA) is 1060 Å². The number of hydrogen-bond acceptors (Lipinski definition) is 62. The number of aliphatic hydroxyl groups excluding tert-OH is 13. The maximum Gasteiger partial charge on any atom is 1.00 e. The summed E-state index contributed by atoms with van der Waals surface area (Å²) in [6.45, 7) is -4.24. The molecule has 136 heavy (non-hydrogen) atoms. The van der Waals surface area contributed by atoms with E-state index >= 15 is 0 Å². The third kappa shape index (κ3) is 43.5. The first-order valence-electron chi connectivity index (χ1n) is 34.3. The predicted molar refractivity (Wildman–Crippen MR) is 348 cm³/mol. The van der Waals surface area contributed by atoms with Gasteiger partial charge in [-0.25, -0.2) is 68.4 Å². The molecular formula is C53H72N4Na10O62S7. The third-order valence-corrected chi connectivity index (χ3v) is 21.4. The second-order valence-electron chi connectivity index (χ2n) is 27.0. The number of carbonyl (C=O) groups excluding carboxylic acids is 6. The molecule has 36 atom stereocenters. The molecule has 0 aliphatic carbocycles. The average Bonchev–Trinajstić information content (AvgIpc) is 0.765. The fourth-order valence-electron chi connectivity index (χ4n) is 12.8. The van der Waals surface area contributed by atoms with Gasteiger partial charge in [0.1, 0.15) is 194 Å². The molecule has 0 saturated carbocycles. The van der Waals surface area contributed by atoms with Crippen LogP contribution in [0.5, 0.6) is 0 Å². The number of carboxylic acid groups (broad SMARTS) is 4. The minimum atomic E-state index is -6.13. The molecule has 728 valence electrons. The summed E-state index contributed by atoms with van der Waals surface area (Å²) in [5.41, 5.74) is 0.